The predicted molar refractivity (Wildman–Crippen MR) is 88.0 cm³/mol. The van der Waals surface area contributed by atoms with Gasteiger partial charge >= 0.3 is 0 Å². The summed E-state index contributed by atoms with van der Waals surface area (Å²) < 4.78 is 1.86. The van der Waals surface area contributed by atoms with Gasteiger partial charge in [0.1, 0.15) is 6.54 Å². The third-order valence-corrected chi connectivity index (χ3v) is 4.42. The van der Waals surface area contributed by atoms with E-state index in [0.717, 1.165) is 23.9 Å². The van der Waals surface area contributed by atoms with Crippen molar-refractivity contribution >= 4 is 16.8 Å². The average molecular weight is 298 g/mol. The predicted octanol–water partition coefficient (Wildman–Crippen LogP) is 2.76. The summed E-state index contributed by atoms with van der Waals surface area (Å²) in [6.07, 6.45) is 7.54. The van der Waals surface area contributed by atoms with Crippen LogP contribution < -0.4 is 10.7 Å². The lowest BCUT2D eigenvalue weighted by Crippen LogP contribution is -2.38. The van der Waals surface area contributed by atoms with E-state index < -0.39 is 0 Å². The van der Waals surface area contributed by atoms with Crippen LogP contribution in [0.25, 0.3) is 10.9 Å². The van der Waals surface area contributed by atoms with Crippen molar-refractivity contribution in [3.8, 4) is 0 Å². The van der Waals surface area contributed by atoms with Gasteiger partial charge in [-0.3, -0.25) is 9.59 Å². The molecule has 116 valence electrons. The number of pyridine rings is 1. The molecule has 1 amide bonds. The normalized spacial score (nSPS) is 15.9. The summed E-state index contributed by atoms with van der Waals surface area (Å²) in [5.74, 6) is 0.0254. The van der Waals surface area contributed by atoms with Crippen molar-refractivity contribution in [3.63, 3.8) is 0 Å². The van der Waals surface area contributed by atoms with Gasteiger partial charge in [-0.25, -0.2) is 0 Å². The molecule has 1 fully saturated rings. The van der Waals surface area contributed by atoms with Gasteiger partial charge in [0.05, 0.1) is 5.52 Å². The minimum Gasteiger partial charge on any atom is -0.352 e. The Balaban J connectivity index is 1.80. The van der Waals surface area contributed by atoms with Crippen LogP contribution in [-0.2, 0) is 11.3 Å². The Bertz CT molecular complexity index is 742. The molecule has 2 aromatic rings. The third kappa shape index (κ3) is 3.21. The summed E-state index contributed by atoms with van der Waals surface area (Å²) in [5, 5.41) is 3.79. The standard InChI is InChI=1S/C18H22N2O2/c1-13-7-8-16-15(11-13)17(21)9-10-20(16)12-18(22)19-14-5-3-2-4-6-14/h7-11,14H,2-6,12H2,1H3,(H,19,22). The molecule has 1 heterocycles. The first-order chi connectivity index (χ1) is 10.6. The largest absolute Gasteiger partial charge is 0.352 e. The number of nitrogens with one attached hydrogen (secondary N) is 1. The van der Waals surface area contributed by atoms with Gasteiger partial charge in [0.15, 0.2) is 5.43 Å². The van der Waals surface area contributed by atoms with Crippen LogP contribution in [0, 0.1) is 6.92 Å². The number of fused-ring (bicyclic) bond motifs is 1. The van der Waals surface area contributed by atoms with Gasteiger partial charge < -0.3 is 9.88 Å². The first-order valence-electron chi connectivity index (χ1n) is 8.03. The molecule has 0 radical (unpaired) electrons. The fourth-order valence-electron chi connectivity index (χ4n) is 3.24. The second kappa shape index (κ2) is 6.34. The molecular weight excluding hydrogens is 276 g/mol. The highest BCUT2D eigenvalue weighted by Gasteiger charge is 2.16. The zero-order chi connectivity index (χ0) is 15.5. The average Bonchev–Trinajstić information content (AvgIpc) is 2.51. The number of aromatic nitrogens is 1. The minimum absolute atomic E-state index is 0.00244. The molecule has 1 saturated carbocycles. The molecule has 0 aliphatic heterocycles. The lowest BCUT2D eigenvalue weighted by atomic mass is 9.95. The summed E-state index contributed by atoms with van der Waals surface area (Å²) in [7, 11) is 0. The Morgan fingerprint density at radius 3 is 2.77 bits per heavy atom. The first-order valence-corrected chi connectivity index (χ1v) is 8.03. The highest BCUT2D eigenvalue weighted by molar-refractivity contribution is 5.82. The summed E-state index contributed by atoms with van der Waals surface area (Å²) in [4.78, 5) is 24.2. The van der Waals surface area contributed by atoms with Crippen LogP contribution in [0.1, 0.15) is 37.7 Å². The highest BCUT2D eigenvalue weighted by Crippen LogP contribution is 2.17. The van der Waals surface area contributed by atoms with E-state index in [1.165, 1.54) is 25.3 Å². The zero-order valence-corrected chi connectivity index (χ0v) is 13.0. The van der Waals surface area contributed by atoms with Gasteiger partial charge in [-0.1, -0.05) is 30.9 Å². The van der Waals surface area contributed by atoms with Crippen molar-refractivity contribution in [1.82, 2.24) is 9.88 Å². The minimum atomic E-state index is 0.00244. The van der Waals surface area contributed by atoms with Gasteiger partial charge in [-0.2, -0.15) is 0 Å². The van der Waals surface area contributed by atoms with Crippen LogP contribution in [0.2, 0.25) is 0 Å². The molecule has 1 aromatic carbocycles. The molecule has 0 spiro atoms. The molecule has 1 aliphatic rings. The van der Waals surface area contributed by atoms with Crippen LogP contribution in [0.3, 0.4) is 0 Å². The second-order valence-corrected chi connectivity index (χ2v) is 6.23. The molecule has 4 heteroatoms. The summed E-state index contributed by atoms with van der Waals surface area (Å²) in [6.45, 7) is 2.22. The Morgan fingerprint density at radius 1 is 1.23 bits per heavy atom. The fourth-order valence-corrected chi connectivity index (χ4v) is 3.24. The first kappa shape index (κ1) is 14.8. The van der Waals surface area contributed by atoms with Crippen molar-refractivity contribution in [2.75, 3.05) is 0 Å². The van der Waals surface area contributed by atoms with Crippen LogP contribution in [0.15, 0.2) is 35.3 Å². The van der Waals surface area contributed by atoms with E-state index in [1.54, 1.807) is 6.20 Å². The van der Waals surface area contributed by atoms with E-state index in [0.29, 0.717) is 11.4 Å². The molecule has 0 atom stereocenters. The lowest BCUT2D eigenvalue weighted by molar-refractivity contribution is -0.122. The van der Waals surface area contributed by atoms with Gasteiger partial charge in [-0.05, 0) is 31.9 Å². The number of carbonyl (C=O) groups is 1. The maximum absolute atomic E-state index is 12.3. The van der Waals surface area contributed by atoms with Crippen LogP contribution >= 0.6 is 0 Å². The van der Waals surface area contributed by atoms with Crippen LogP contribution in [0.5, 0.6) is 0 Å². The van der Waals surface area contributed by atoms with E-state index in [1.807, 2.05) is 29.7 Å². The molecule has 0 bridgehead atoms. The Kier molecular flexibility index (Phi) is 4.27. The van der Waals surface area contributed by atoms with Crippen molar-refractivity contribution in [2.45, 2.75) is 51.6 Å². The number of carbonyl (C=O) groups excluding carboxylic acids is 1. The third-order valence-electron chi connectivity index (χ3n) is 4.42. The van der Waals surface area contributed by atoms with Crippen LogP contribution in [-0.4, -0.2) is 16.5 Å². The van der Waals surface area contributed by atoms with Gasteiger partial charge in [0, 0.05) is 23.7 Å². The maximum Gasteiger partial charge on any atom is 0.240 e. The number of nitrogens with zero attached hydrogens (tertiary/aromatic N) is 1. The van der Waals surface area contributed by atoms with Crippen molar-refractivity contribution in [1.29, 1.82) is 0 Å². The summed E-state index contributed by atoms with van der Waals surface area (Å²) in [6, 6.07) is 7.62. The monoisotopic (exact) mass is 298 g/mol. The molecule has 4 nitrogen and oxygen atoms in total. The lowest BCUT2D eigenvalue weighted by Gasteiger charge is -2.23. The van der Waals surface area contributed by atoms with E-state index in [-0.39, 0.29) is 17.9 Å². The van der Waals surface area contributed by atoms with E-state index in [2.05, 4.69) is 5.32 Å². The molecule has 1 aliphatic carbocycles. The highest BCUT2D eigenvalue weighted by atomic mass is 16.2. The maximum atomic E-state index is 12.3. The molecular formula is C18H22N2O2. The summed E-state index contributed by atoms with van der Waals surface area (Å²) in [5.41, 5.74) is 1.87. The SMILES string of the molecule is Cc1ccc2c(c1)c(=O)ccn2CC(=O)NC1CCCCC1. The number of amides is 1. The quantitative estimate of drug-likeness (QED) is 0.947. The molecule has 3 rings (SSSR count). The van der Waals surface area contributed by atoms with E-state index in [4.69, 9.17) is 0 Å². The topological polar surface area (TPSA) is 51.1 Å². The van der Waals surface area contributed by atoms with Gasteiger partial charge in [-0.15, -0.1) is 0 Å². The zero-order valence-electron chi connectivity index (χ0n) is 13.0. The number of hydrogen-bond donors (Lipinski definition) is 1. The van der Waals surface area contributed by atoms with E-state index >= 15 is 0 Å². The van der Waals surface area contributed by atoms with Crippen molar-refractivity contribution in [2.24, 2.45) is 0 Å². The Morgan fingerprint density at radius 2 is 2.00 bits per heavy atom. The molecule has 1 N–H and O–H groups in total. The summed E-state index contributed by atoms with van der Waals surface area (Å²) >= 11 is 0. The van der Waals surface area contributed by atoms with Crippen LogP contribution in [0.4, 0.5) is 0 Å². The smallest absolute Gasteiger partial charge is 0.240 e. The number of aryl methyl sites for hydroxylation is 1. The molecule has 0 saturated heterocycles. The molecule has 0 unspecified atom stereocenters. The van der Waals surface area contributed by atoms with E-state index in [9.17, 15) is 9.59 Å². The Labute approximate surface area is 130 Å². The molecule has 22 heavy (non-hydrogen) atoms. The van der Waals surface area contributed by atoms with Gasteiger partial charge in [0.25, 0.3) is 0 Å². The number of benzene rings is 1. The molecule has 1 aromatic heterocycles. The van der Waals surface area contributed by atoms with Gasteiger partial charge in [0.2, 0.25) is 5.91 Å². The number of hydrogen-bond acceptors (Lipinski definition) is 2. The Hall–Kier alpha value is -2.10. The van der Waals surface area contributed by atoms with Crippen molar-refractivity contribution < 1.29 is 4.79 Å². The number of rotatable bonds is 3. The fraction of sp³-hybridized carbons (Fsp3) is 0.444. The van der Waals surface area contributed by atoms with Crippen molar-refractivity contribution in [3.05, 3.63) is 46.2 Å². The second-order valence-electron chi connectivity index (χ2n) is 6.23.